The van der Waals surface area contributed by atoms with Gasteiger partial charge in [-0.1, -0.05) is 96.6 Å². The Labute approximate surface area is 325 Å². The number of carbonyl (C=O) groups is 4. The lowest BCUT2D eigenvalue weighted by molar-refractivity contribution is -0.135. The second-order valence-electron chi connectivity index (χ2n) is 15.0. The molecule has 5 aromatic rings. The van der Waals surface area contributed by atoms with Gasteiger partial charge in [-0.25, -0.2) is 0 Å². The smallest absolute Gasteiger partial charge is 0.238 e. The monoisotopic (exact) mass is 740 g/mol. The normalized spacial score (nSPS) is 25.4. The van der Waals surface area contributed by atoms with Gasteiger partial charge in [0.1, 0.15) is 0 Å². The van der Waals surface area contributed by atoms with Crippen LogP contribution in [0.4, 0.5) is 17.1 Å². The van der Waals surface area contributed by atoms with Crippen LogP contribution < -0.4 is 15.0 Å². The van der Waals surface area contributed by atoms with Crippen molar-refractivity contribution in [2.45, 2.75) is 31.1 Å². The number of carbonyl (C=O) groups excluding carboxylic acids is 4. The molecule has 0 aromatic heterocycles. The van der Waals surface area contributed by atoms with E-state index in [0.29, 0.717) is 41.0 Å². The van der Waals surface area contributed by atoms with Crippen molar-refractivity contribution >= 4 is 46.0 Å². The van der Waals surface area contributed by atoms with E-state index >= 15 is 9.59 Å². The van der Waals surface area contributed by atoms with E-state index in [1.165, 1.54) is 11.0 Å². The fraction of sp³-hybridized carbons (Fsp3) is 0.208. The van der Waals surface area contributed by atoms with Gasteiger partial charge in [-0.2, -0.15) is 0 Å². The van der Waals surface area contributed by atoms with Crippen molar-refractivity contribution in [2.75, 3.05) is 16.8 Å². The predicted molar refractivity (Wildman–Crippen MR) is 215 cm³/mol. The molecule has 2 N–H and O–H groups in total. The fourth-order valence-electron chi connectivity index (χ4n) is 9.87. The average Bonchev–Trinajstić information content (AvgIpc) is 3.49. The lowest BCUT2D eigenvalue weighted by atomic mass is 9.44. The summed E-state index contributed by atoms with van der Waals surface area (Å²) in [6, 6.07) is 40.8. The van der Waals surface area contributed by atoms with E-state index < -0.39 is 35.0 Å². The number of nitrogens with zero attached hydrogens (tertiary/aromatic N) is 1. The van der Waals surface area contributed by atoms with E-state index in [1.54, 1.807) is 30.3 Å². The zero-order valence-electron chi connectivity index (χ0n) is 30.8. The van der Waals surface area contributed by atoms with Crippen LogP contribution in [0.25, 0.3) is 5.57 Å². The number of phenols is 1. The van der Waals surface area contributed by atoms with Crippen LogP contribution in [0.3, 0.4) is 0 Å². The molecular weight excluding hydrogens is 701 g/mol. The maximum absolute atomic E-state index is 15.3. The molecule has 2 amide bonds. The second-order valence-corrected chi connectivity index (χ2v) is 15.0. The van der Waals surface area contributed by atoms with Crippen LogP contribution in [-0.2, 0) is 24.6 Å². The van der Waals surface area contributed by atoms with Crippen LogP contribution in [-0.4, -0.2) is 35.1 Å². The molecule has 0 radical (unpaired) electrons. The second kappa shape index (κ2) is 13.9. The van der Waals surface area contributed by atoms with Crippen molar-refractivity contribution in [2.24, 2.45) is 23.7 Å². The molecular formula is C48H40N2O6. The third-order valence-electron chi connectivity index (χ3n) is 12.2. The molecule has 5 aromatic carbocycles. The summed E-state index contributed by atoms with van der Waals surface area (Å²) in [7, 11) is 0. The van der Waals surface area contributed by atoms with Crippen molar-refractivity contribution in [1.82, 2.24) is 0 Å². The largest absolute Gasteiger partial charge is 0.504 e. The highest BCUT2D eigenvalue weighted by Crippen LogP contribution is 2.64. The number of aromatic hydroxyl groups is 1. The Morgan fingerprint density at radius 3 is 2.12 bits per heavy atom. The Hall–Kier alpha value is -6.54. The minimum Gasteiger partial charge on any atom is -0.504 e. The molecule has 6 unspecified atom stereocenters. The third kappa shape index (κ3) is 5.50. The maximum Gasteiger partial charge on any atom is 0.238 e. The van der Waals surface area contributed by atoms with Crippen molar-refractivity contribution in [3.63, 3.8) is 0 Å². The minimum absolute atomic E-state index is 0.0412. The Bertz CT molecular complexity index is 2420. The van der Waals surface area contributed by atoms with Crippen LogP contribution in [0.2, 0.25) is 0 Å². The fourth-order valence-corrected chi connectivity index (χ4v) is 9.87. The van der Waals surface area contributed by atoms with Crippen LogP contribution in [0.15, 0.2) is 151 Å². The Balaban J connectivity index is 1.18. The number of rotatable bonds is 8. The number of anilines is 3. The van der Waals surface area contributed by atoms with Crippen molar-refractivity contribution < 1.29 is 29.0 Å². The number of ketones is 2. The number of hydrogen-bond acceptors (Lipinski definition) is 7. The summed E-state index contributed by atoms with van der Waals surface area (Å²) in [5, 5.41) is 14.2. The van der Waals surface area contributed by atoms with E-state index in [4.69, 9.17) is 4.74 Å². The van der Waals surface area contributed by atoms with Crippen molar-refractivity contribution in [1.29, 1.82) is 0 Å². The van der Waals surface area contributed by atoms with Gasteiger partial charge in [0.15, 0.2) is 23.1 Å². The highest BCUT2D eigenvalue weighted by Gasteiger charge is 2.66. The topological polar surface area (TPSA) is 113 Å². The number of ether oxygens (including phenoxy) is 1. The average molecular weight is 741 g/mol. The summed E-state index contributed by atoms with van der Waals surface area (Å²) in [4.78, 5) is 60.9. The van der Waals surface area contributed by atoms with E-state index in [1.807, 2.05) is 116 Å². The molecule has 1 heterocycles. The Morgan fingerprint density at radius 2 is 1.43 bits per heavy atom. The Morgan fingerprint density at radius 1 is 0.768 bits per heavy atom. The molecule has 56 heavy (non-hydrogen) atoms. The lowest BCUT2D eigenvalue weighted by Crippen LogP contribution is -2.58. The van der Waals surface area contributed by atoms with Gasteiger partial charge in [0.25, 0.3) is 0 Å². The first kappa shape index (κ1) is 35.2. The molecule has 1 saturated heterocycles. The van der Waals surface area contributed by atoms with E-state index in [-0.39, 0.29) is 41.3 Å². The van der Waals surface area contributed by atoms with Gasteiger partial charge in [0.05, 0.1) is 29.5 Å². The number of benzene rings is 5. The summed E-state index contributed by atoms with van der Waals surface area (Å²) < 4.78 is 5.86. The molecule has 0 bridgehead atoms. The van der Waals surface area contributed by atoms with Crippen LogP contribution in [0.1, 0.15) is 42.4 Å². The molecule has 1 aliphatic heterocycles. The summed E-state index contributed by atoms with van der Waals surface area (Å²) in [5.41, 5.74) is 4.06. The first-order valence-corrected chi connectivity index (χ1v) is 19.2. The maximum atomic E-state index is 15.3. The SMILES string of the molecule is CCOc1cc(C2C3=CCC4C(=O)N(c5ccc(Nc6ccccc6)cc5)C(=O)C4C3CC3C(=O)C(c4ccccc4)=CC(=O)C32c2ccccc2)ccc1O. The molecule has 1 saturated carbocycles. The van der Waals surface area contributed by atoms with Gasteiger partial charge in [-0.3, -0.25) is 24.1 Å². The van der Waals surface area contributed by atoms with Crippen LogP contribution in [0, 0.1) is 23.7 Å². The number of Topliss-reactive ketones (excluding diaryl/α,β-unsaturated/α-hetero) is 1. The molecule has 9 rings (SSSR count). The van der Waals surface area contributed by atoms with Gasteiger partial charge in [0, 0.05) is 28.8 Å². The molecule has 6 atom stereocenters. The summed E-state index contributed by atoms with van der Waals surface area (Å²) in [6.07, 6.45) is 4.06. The number of amides is 2. The van der Waals surface area contributed by atoms with Crippen molar-refractivity contribution in [3.8, 4) is 11.5 Å². The predicted octanol–water partition coefficient (Wildman–Crippen LogP) is 8.56. The number of fused-ring (bicyclic) bond motifs is 4. The van der Waals surface area contributed by atoms with Gasteiger partial charge in [-0.15, -0.1) is 0 Å². The van der Waals surface area contributed by atoms with E-state index in [0.717, 1.165) is 16.9 Å². The number of imide groups is 1. The quantitative estimate of drug-likeness (QED) is 0.121. The number of phenolic OH excluding ortho intramolecular Hbond substituents is 1. The highest BCUT2D eigenvalue weighted by molar-refractivity contribution is 6.32. The first-order valence-electron chi connectivity index (χ1n) is 19.2. The van der Waals surface area contributed by atoms with Crippen LogP contribution in [0.5, 0.6) is 11.5 Å². The summed E-state index contributed by atoms with van der Waals surface area (Å²) in [5.74, 6) is -4.19. The molecule has 0 spiro atoms. The number of para-hydroxylation sites is 1. The number of allylic oxidation sites excluding steroid dienone is 4. The standard InChI is InChI=1S/C48H40N2O6/c1-2-56-41-26-30(18-25-40(41)51)44-35-23-24-36-43(47(55)50(46(36)54)34-21-19-33(20-22-34)49-32-16-10-5-11-17-32)38(35)27-39-45(53)37(29-12-6-3-7-13-29)28-42(52)48(39,44)31-14-8-4-9-15-31/h3-23,25-26,28,36,38-39,43-44,49,51H,2,24,27H2,1H3. The molecule has 2 fully saturated rings. The van der Waals surface area contributed by atoms with E-state index in [9.17, 15) is 14.7 Å². The molecule has 4 aliphatic rings. The molecule has 8 nitrogen and oxygen atoms in total. The third-order valence-corrected chi connectivity index (χ3v) is 12.2. The minimum atomic E-state index is -1.38. The summed E-state index contributed by atoms with van der Waals surface area (Å²) >= 11 is 0. The molecule has 3 aliphatic carbocycles. The Kier molecular flexibility index (Phi) is 8.76. The lowest BCUT2D eigenvalue weighted by Gasteiger charge is -2.55. The molecule has 278 valence electrons. The van der Waals surface area contributed by atoms with Gasteiger partial charge in [0.2, 0.25) is 11.8 Å². The number of nitrogens with one attached hydrogen (secondary N) is 1. The van der Waals surface area contributed by atoms with Gasteiger partial charge < -0.3 is 15.2 Å². The summed E-state index contributed by atoms with van der Waals surface area (Å²) in [6.45, 7) is 2.13. The van der Waals surface area contributed by atoms with Crippen molar-refractivity contribution in [3.05, 3.63) is 168 Å². The van der Waals surface area contributed by atoms with Gasteiger partial charge >= 0.3 is 0 Å². The number of hydrogen-bond donors (Lipinski definition) is 2. The zero-order valence-corrected chi connectivity index (χ0v) is 30.8. The van der Waals surface area contributed by atoms with Crippen LogP contribution >= 0.6 is 0 Å². The zero-order chi connectivity index (χ0) is 38.6. The van der Waals surface area contributed by atoms with Gasteiger partial charge in [-0.05, 0) is 97.0 Å². The first-order chi connectivity index (χ1) is 27.3. The molecule has 8 heteroatoms. The van der Waals surface area contributed by atoms with E-state index in [2.05, 4.69) is 5.32 Å². The highest BCUT2D eigenvalue weighted by atomic mass is 16.5.